The SMILES string of the molecule is COc1ccc(/C=C2\N=C(S[C@H](C)C(N)=O)N(c3cccc(OC)c3)C2=O)cc1. The number of hydrogen-bond donors (Lipinski definition) is 1. The maximum absolute atomic E-state index is 13.1. The van der Waals surface area contributed by atoms with Gasteiger partial charge < -0.3 is 15.2 Å². The molecule has 0 spiro atoms. The van der Waals surface area contributed by atoms with Crippen LogP contribution < -0.4 is 20.1 Å². The molecule has 2 amide bonds. The predicted molar refractivity (Wildman–Crippen MR) is 115 cm³/mol. The summed E-state index contributed by atoms with van der Waals surface area (Å²) in [5.41, 5.74) is 7.06. The Morgan fingerprint density at radius 2 is 1.83 bits per heavy atom. The van der Waals surface area contributed by atoms with E-state index in [2.05, 4.69) is 4.99 Å². The number of aliphatic imine (C=N–C) groups is 1. The minimum absolute atomic E-state index is 0.261. The number of amidine groups is 1. The number of benzene rings is 2. The van der Waals surface area contributed by atoms with E-state index in [9.17, 15) is 9.59 Å². The molecular weight excluding hydrogens is 390 g/mol. The van der Waals surface area contributed by atoms with Gasteiger partial charge in [0.1, 0.15) is 17.2 Å². The van der Waals surface area contributed by atoms with Gasteiger partial charge in [-0.1, -0.05) is 30.0 Å². The summed E-state index contributed by atoms with van der Waals surface area (Å²) >= 11 is 1.13. The number of hydrogen-bond acceptors (Lipinski definition) is 6. The van der Waals surface area contributed by atoms with Crippen LogP contribution in [0.1, 0.15) is 12.5 Å². The molecule has 1 heterocycles. The number of methoxy groups -OCH3 is 2. The van der Waals surface area contributed by atoms with Gasteiger partial charge in [0.2, 0.25) is 5.91 Å². The molecule has 0 saturated carbocycles. The fourth-order valence-electron chi connectivity index (χ4n) is 2.63. The fourth-order valence-corrected chi connectivity index (χ4v) is 3.50. The Balaban J connectivity index is 1.99. The first kappa shape index (κ1) is 20.5. The van der Waals surface area contributed by atoms with Crippen molar-refractivity contribution < 1.29 is 19.1 Å². The summed E-state index contributed by atoms with van der Waals surface area (Å²) in [7, 11) is 3.15. The number of nitrogens with two attached hydrogens (primary N) is 1. The molecule has 0 bridgehead atoms. The van der Waals surface area contributed by atoms with E-state index in [4.69, 9.17) is 15.2 Å². The second-order valence-corrected chi connectivity index (χ2v) is 7.51. The number of carbonyl (C=O) groups is 2. The van der Waals surface area contributed by atoms with Gasteiger partial charge in [-0.15, -0.1) is 0 Å². The minimum Gasteiger partial charge on any atom is -0.497 e. The van der Waals surface area contributed by atoms with Gasteiger partial charge in [0, 0.05) is 6.07 Å². The maximum Gasteiger partial charge on any atom is 0.283 e. The van der Waals surface area contributed by atoms with E-state index >= 15 is 0 Å². The van der Waals surface area contributed by atoms with Crippen molar-refractivity contribution >= 4 is 40.5 Å². The van der Waals surface area contributed by atoms with Gasteiger partial charge in [0.05, 0.1) is 25.2 Å². The zero-order valence-electron chi connectivity index (χ0n) is 16.3. The van der Waals surface area contributed by atoms with Crippen molar-refractivity contribution in [1.29, 1.82) is 0 Å². The highest BCUT2D eigenvalue weighted by molar-refractivity contribution is 8.15. The third-order valence-corrected chi connectivity index (χ3v) is 5.31. The lowest BCUT2D eigenvalue weighted by atomic mass is 10.2. The summed E-state index contributed by atoms with van der Waals surface area (Å²) < 4.78 is 10.4. The first-order valence-corrected chi connectivity index (χ1v) is 9.70. The number of nitrogens with zero attached hydrogens (tertiary/aromatic N) is 2. The topological polar surface area (TPSA) is 94.2 Å². The molecule has 0 aliphatic carbocycles. The molecule has 1 aliphatic heterocycles. The number of amides is 2. The number of ether oxygens (including phenoxy) is 2. The van der Waals surface area contributed by atoms with Crippen LogP contribution in [0.4, 0.5) is 5.69 Å². The van der Waals surface area contributed by atoms with E-state index in [-0.39, 0.29) is 11.6 Å². The first-order valence-electron chi connectivity index (χ1n) is 8.82. The highest BCUT2D eigenvalue weighted by atomic mass is 32.2. The van der Waals surface area contributed by atoms with E-state index in [0.717, 1.165) is 23.1 Å². The monoisotopic (exact) mass is 411 g/mol. The van der Waals surface area contributed by atoms with Gasteiger partial charge in [0.25, 0.3) is 5.91 Å². The Bertz CT molecular complexity index is 986. The zero-order chi connectivity index (χ0) is 21.0. The minimum atomic E-state index is -0.546. The first-order chi connectivity index (χ1) is 13.9. The lowest BCUT2D eigenvalue weighted by Gasteiger charge is -2.19. The molecule has 8 heteroatoms. The quantitative estimate of drug-likeness (QED) is 0.738. The number of rotatable bonds is 6. The lowest BCUT2D eigenvalue weighted by Crippen LogP contribution is -2.33. The highest BCUT2D eigenvalue weighted by Gasteiger charge is 2.34. The molecule has 1 aliphatic rings. The van der Waals surface area contributed by atoms with E-state index in [1.165, 1.54) is 4.90 Å². The Labute approximate surface area is 173 Å². The summed E-state index contributed by atoms with van der Waals surface area (Å²) in [6.07, 6.45) is 1.69. The zero-order valence-corrected chi connectivity index (χ0v) is 17.1. The molecule has 3 rings (SSSR count). The Kier molecular flexibility index (Phi) is 6.23. The molecular formula is C21H21N3O4S. The van der Waals surface area contributed by atoms with Crippen LogP contribution in [-0.2, 0) is 9.59 Å². The lowest BCUT2D eigenvalue weighted by molar-refractivity contribution is -0.117. The number of anilines is 1. The van der Waals surface area contributed by atoms with Gasteiger partial charge in [-0.25, -0.2) is 4.99 Å². The van der Waals surface area contributed by atoms with Crippen molar-refractivity contribution in [2.24, 2.45) is 10.7 Å². The fraction of sp³-hybridized carbons (Fsp3) is 0.190. The van der Waals surface area contributed by atoms with Crippen LogP contribution in [0.3, 0.4) is 0 Å². The van der Waals surface area contributed by atoms with Crippen molar-refractivity contribution in [2.45, 2.75) is 12.2 Å². The maximum atomic E-state index is 13.1. The number of carbonyl (C=O) groups excluding carboxylic acids is 2. The molecule has 7 nitrogen and oxygen atoms in total. The normalized spacial score (nSPS) is 16.0. The molecule has 29 heavy (non-hydrogen) atoms. The molecule has 0 fully saturated rings. The van der Waals surface area contributed by atoms with E-state index < -0.39 is 11.2 Å². The third kappa shape index (κ3) is 4.60. The van der Waals surface area contributed by atoms with E-state index in [1.54, 1.807) is 63.6 Å². The van der Waals surface area contributed by atoms with Gasteiger partial charge >= 0.3 is 0 Å². The average Bonchev–Trinajstić information content (AvgIpc) is 3.03. The molecule has 2 aromatic rings. The standard InChI is InChI=1S/C21H21N3O4S/c1-13(19(22)25)29-21-23-18(11-14-7-9-16(27-2)10-8-14)20(26)24(21)15-5-4-6-17(12-15)28-3/h4-13H,1-3H3,(H2,22,25)/b18-11-/t13-/m1/s1. The van der Waals surface area contributed by atoms with Gasteiger partial charge in [-0.3, -0.25) is 14.5 Å². The van der Waals surface area contributed by atoms with E-state index in [1.807, 2.05) is 12.1 Å². The summed E-state index contributed by atoms with van der Waals surface area (Å²) in [4.78, 5) is 30.6. The third-order valence-electron chi connectivity index (χ3n) is 4.24. The smallest absolute Gasteiger partial charge is 0.283 e. The Hall–Kier alpha value is -3.26. The molecule has 1 atom stereocenters. The second kappa shape index (κ2) is 8.83. The van der Waals surface area contributed by atoms with Crippen LogP contribution in [0.25, 0.3) is 6.08 Å². The summed E-state index contributed by atoms with van der Waals surface area (Å²) in [5.74, 6) is 0.546. The summed E-state index contributed by atoms with van der Waals surface area (Å²) in [6, 6.07) is 14.4. The predicted octanol–water partition coefficient (Wildman–Crippen LogP) is 3.05. The molecule has 2 aromatic carbocycles. The van der Waals surface area contributed by atoms with Crippen LogP contribution in [0.15, 0.2) is 59.2 Å². The van der Waals surface area contributed by atoms with Crippen LogP contribution in [0.5, 0.6) is 11.5 Å². The molecule has 0 radical (unpaired) electrons. The van der Waals surface area contributed by atoms with Crippen LogP contribution in [0, 0.1) is 0 Å². The van der Waals surface area contributed by atoms with Crippen LogP contribution >= 0.6 is 11.8 Å². The van der Waals surface area contributed by atoms with Crippen LogP contribution in [-0.4, -0.2) is 36.5 Å². The molecule has 150 valence electrons. The summed E-state index contributed by atoms with van der Waals surface area (Å²) in [6.45, 7) is 1.68. The Morgan fingerprint density at radius 3 is 2.45 bits per heavy atom. The molecule has 0 aromatic heterocycles. The molecule has 0 saturated heterocycles. The molecule has 0 unspecified atom stereocenters. The number of thioether (sulfide) groups is 1. The van der Waals surface area contributed by atoms with Crippen molar-refractivity contribution in [1.82, 2.24) is 0 Å². The van der Waals surface area contributed by atoms with Crippen molar-refractivity contribution in [3.8, 4) is 11.5 Å². The molecule has 2 N–H and O–H groups in total. The highest BCUT2D eigenvalue weighted by Crippen LogP contribution is 2.32. The van der Waals surface area contributed by atoms with Crippen LogP contribution in [0.2, 0.25) is 0 Å². The van der Waals surface area contributed by atoms with Crippen molar-refractivity contribution in [3.05, 3.63) is 59.8 Å². The van der Waals surface area contributed by atoms with Gasteiger partial charge in [-0.2, -0.15) is 0 Å². The second-order valence-electron chi connectivity index (χ2n) is 6.20. The summed E-state index contributed by atoms with van der Waals surface area (Å²) in [5, 5.41) is -0.163. The van der Waals surface area contributed by atoms with E-state index in [0.29, 0.717) is 16.6 Å². The average molecular weight is 411 g/mol. The van der Waals surface area contributed by atoms with Gasteiger partial charge in [0.15, 0.2) is 5.17 Å². The number of primary amides is 1. The van der Waals surface area contributed by atoms with Gasteiger partial charge in [-0.05, 0) is 42.8 Å². The largest absolute Gasteiger partial charge is 0.497 e. The van der Waals surface area contributed by atoms with Crippen molar-refractivity contribution in [3.63, 3.8) is 0 Å². The van der Waals surface area contributed by atoms with Crippen molar-refractivity contribution in [2.75, 3.05) is 19.1 Å². The Morgan fingerprint density at radius 1 is 1.14 bits per heavy atom.